The van der Waals surface area contributed by atoms with Gasteiger partial charge in [0.1, 0.15) is 5.82 Å². The number of nitrogens with one attached hydrogen (secondary N) is 3. The van der Waals surface area contributed by atoms with E-state index in [1.165, 1.54) is 0 Å². The third-order valence-corrected chi connectivity index (χ3v) is 4.27. The Morgan fingerprint density at radius 1 is 1.12 bits per heavy atom. The SMILES string of the molecule is O=C(NCCCCNc1ccccn1)NC1CCC(C(=O)O)CC1. The highest BCUT2D eigenvalue weighted by Crippen LogP contribution is 2.24. The Hall–Kier alpha value is -2.31. The number of carboxylic acids is 1. The molecule has 0 aliphatic heterocycles. The number of hydrogen-bond acceptors (Lipinski definition) is 4. The molecule has 7 heteroatoms. The molecule has 2 rings (SSSR count). The van der Waals surface area contributed by atoms with E-state index in [1.807, 2.05) is 18.2 Å². The maximum atomic E-state index is 11.8. The van der Waals surface area contributed by atoms with Crippen LogP contribution in [0.15, 0.2) is 24.4 Å². The van der Waals surface area contributed by atoms with Crippen molar-refractivity contribution >= 4 is 17.8 Å². The first-order chi connectivity index (χ1) is 11.6. The number of aliphatic carboxylic acids is 1. The number of urea groups is 1. The summed E-state index contributed by atoms with van der Waals surface area (Å²) in [6, 6.07) is 5.66. The molecule has 0 aromatic carbocycles. The average Bonchev–Trinajstić information content (AvgIpc) is 2.59. The first-order valence-electron chi connectivity index (χ1n) is 8.57. The number of carbonyl (C=O) groups is 2. The van der Waals surface area contributed by atoms with E-state index in [0.717, 1.165) is 38.0 Å². The monoisotopic (exact) mass is 334 g/mol. The molecule has 0 atom stereocenters. The Morgan fingerprint density at radius 3 is 2.54 bits per heavy atom. The lowest BCUT2D eigenvalue weighted by molar-refractivity contribution is -0.142. The summed E-state index contributed by atoms with van der Waals surface area (Å²) in [7, 11) is 0. The number of carbonyl (C=O) groups excluding carboxylic acids is 1. The zero-order chi connectivity index (χ0) is 17.2. The first kappa shape index (κ1) is 18.0. The Kier molecular flexibility index (Phi) is 7.32. The van der Waals surface area contributed by atoms with Crippen LogP contribution in [-0.4, -0.2) is 41.2 Å². The molecule has 1 saturated carbocycles. The van der Waals surface area contributed by atoms with Crippen molar-refractivity contribution in [2.24, 2.45) is 5.92 Å². The van der Waals surface area contributed by atoms with Gasteiger partial charge >= 0.3 is 12.0 Å². The summed E-state index contributed by atoms with van der Waals surface area (Å²) < 4.78 is 0. The number of hydrogen-bond donors (Lipinski definition) is 4. The topological polar surface area (TPSA) is 103 Å². The van der Waals surface area contributed by atoms with Crippen molar-refractivity contribution < 1.29 is 14.7 Å². The normalized spacial score (nSPS) is 20.2. The van der Waals surface area contributed by atoms with Gasteiger partial charge in [0.25, 0.3) is 0 Å². The second kappa shape index (κ2) is 9.75. The molecule has 1 aromatic heterocycles. The lowest BCUT2D eigenvalue weighted by Gasteiger charge is -2.26. The van der Waals surface area contributed by atoms with E-state index < -0.39 is 5.97 Å². The lowest BCUT2D eigenvalue weighted by atomic mass is 9.86. The van der Waals surface area contributed by atoms with E-state index in [9.17, 15) is 9.59 Å². The molecular formula is C17H26N4O3. The molecule has 1 aliphatic carbocycles. The van der Waals surface area contributed by atoms with Crippen molar-refractivity contribution in [1.82, 2.24) is 15.6 Å². The molecule has 1 fully saturated rings. The maximum Gasteiger partial charge on any atom is 0.315 e. The highest BCUT2D eigenvalue weighted by molar-refractivity contribution is 5.74. The fraction of sp³-hybridized carbons (Fsp3) is 0.588. The molecule has 0 bridgehead atoms. The van der Waals surface area contributed by atoms with E-state index >= 15 is 0 Å². The molecule has 1 aliphatic rings. The Labute approximate surface area is 142 Å². The van der Waals surface area contributed by atoms with Gasteiger partial charge in [-0.3, -0.25) is 4.79 Å². The van der Waals surface area contributed by atoms with Gasteiger partial charge in [-0.05, 0) is 50.7 Å². The molecular weight excluding hydrogens is 308 g/mol. The zero-order valence-electron chi connectivity index (χ0n) is 13.8. The van der Waals surface area contributed by atoms with Crippen LogP contribution in [0.25, 0.3) is 0 Å². The zero-order valence-corrected chi connectivity index (χ0v) is 13.8. The molecule has 4 N–H and O–H groups in total. The van der Waals surface area contributed by atoms with Crippen LogP contribution in [-0.2, 0) is 4.79 Å². The fourth-order valence-corrected chi connectivity index (χ4v) is 2.86. The number of carboxylic acid groups (broad SMARTS) is 1. The summed E-state index contributed by atoms with van der Waals surface area (Å²) in [5, 5.41) is 18.0. The molecule has 1 aromatic rings. The van der Waals surface area contributed by atoms with Gasteiger partial charge < -0.3 is 21.1 Å². The number of pyridine rings is 1. The summed E-state index contributed by atoms with van der Waals surface area (Å²) in [5.41, 5.74) is 0. The summed E-state index contributed by atoms with van der Waals surface area (Å²) in [4.78, 5) is 26.9. The van der Waals surface area contributed by atoms with Crippen molar-refractivity contribution in [3.63, 3.8) is 0 Å². The van der Waals surface area contributed by atoms with Gasteiger partial charge in [-0.25, -0.2) is 9.78 Å². The van der Waals surface area contributed by atoms with Crippen LogP contribution in [0.1, 0.15) is 38.5 Å². The van der Waals surface area contributed by atoms with Crippen LogP contribution >= 0.6 is 0 Å². The highest BCUT2D eigenvalue weighted by atomic mass is 16.4. The van der Waals surface area contributed by atoms with E-state index in [2.05, 4.69) is 20.9 Å². The third kappa shape index (κ3) is 6.44. The van der Waals surface area contributed by atoms with Gasteiger partial charge in [-0.1, -0.05) is 6.07 Å². The molecule has 2 amide bonds. The first-order valence-corrected chi connectivity index (χ1v) is 8.57. The highest BCUT2D eigenvalue weighted by Gasteiger charge is 2.26. The minimum Gasteiger partial charge on any atom is -0.481 e. The van der Waals surface area contributed by atoms with Gasteiger partial charge in [0, 0.05) is 25.3 Å². The van der Waals surface area contributed by atoms with Gasteiger partial charge in [-0.15, -0.1) is 0 Å². The summed E-state index contributed by atoms with van der Waals surface area (Å²) in [6.45, 7) is 1.44. The van der Waals surface area contributed by atoms with Crippen LogP contribution in [0, 0.1) is 5.92 Å². The quantitative estimate of drug-likeness (QED) is 0.546. The summed E-state index contributed by atoms with van der Waals surface area (Å²) in [6.07, 6.45) is 6.33. The standard InChI is InChI=1S/C17H26N4O3/c22-16(23)13-6-8-14(9-7-13)21-17(24)20-12-4-3-11-19-15-5-1-2-10-18-15/h1-2,5,10,13-14H,3-4,6-9,11-12H2,(H,18,19)(H,22,23)(H2,20,21,24). The van der Waals surface area contributed by atoms with Crippen molar-refractivity contribution in [2.75, 3.05) is 18.4 Å². The Balaban J connectivity index is 1.49. The van der Waals surface area contributed by atoms with Crippen LogP contribution in [0.4, 0.5) is 10.6 Å². The Bertz CT molecular complexity index is 516. The minimum atomic E-state index is -0.725. The van der Waals surface area contributed by atoms with E-state index in [1.54, 1.807) is 6.20 Å². The van der Waals surface area contributed by atoms with E-state index in [-0.39, 0.29) is 18.0 Å². The number of unbranched alkanes of at least 4 members (excludes halogenated alkanes) is 1. The van der Waals surface area contributed by atoms with Gasteiger partial charge in [-0.2, -0.15) is 0 Å². The molecule has 0 unspecified atom stereocenters. The number of amides is 2. The van der Waals surface area contributed by atoms with E-state index in [4.69, 9.17) is 5.11 Å². The minimum absolute atomic E-state index is 0.0893. The van der Waals surface area contributed by atoms with Gasteiger partial charge in [0.2, 0.25) is 0 Å². The van der Waals surface area contributed by atoms with Crippen molar-refractivity contribution in [1.29, 1.82) is 0 Å². The van der Waals surface area contributed by atoms with Crippen LogP contribution in [0.2, 0.25) is 0 Å². The van der Waals surface area contributed by atoms with Gasteiger partial charge in [0.15, 0.2) is 0 Å². The molecule has 0 radical (unpaired) electrons. The fourth-order valence-electron chi connectivity index (χ4n) is 2.86. The number of rotatable bonds is 8. The molecule has 7 nitrogen and oxygen atoms in total. The molecule has 1 heterocycles. The summed E-state index contributed by atoms with van der Waals surface area (Å²) in [5.74, 6) is -0.116. The lowest BCUT2D eigenvalue weighted by Crippen LogP contribution is -2.44. The molecule has 0 saturated heterocycles. The van der Waals surface area contributed by atoms with Crippen LogP contribution in [0.5, 0.6) is 0 Å². The number of aromatic nitrogens is 1. The van der Waals surface area contributed by atoms with Crippen molar-refractivity contribution in [3.8, 4) is 0 Å². The molecule has 0 spiro atoms. The molecule has 132 valence electrons. The predicted molar refractivity (Wildman–Crippen MR) is 91.9 cm³/mol. The number of anilines is 1. The second-order valence-electron chi connectivity index (χ2n) is 6.14. The maximum absolute atomic E-state index is 11.8. The van der Waals surface area contributed by atoms with E-state index in [0.29, 0.717) is 19.4 Å². The number of nitrogens with zero attached hydrogens (tertiary/aromatic N) is 1. The van der Waals surface area contributed by atoms with Crippen LogP contribution < -0.4 is 16.0 Å². The Morgan fingerprint density at radius 2 is 1.88 bits per heavy atom. The predicted octanol–water partition coefficient (Wildman–Crippen LogP) is 2.22. The average molecular weight is 334 g/mol. The molecule has 24 heavy (non-hydrogen) atoms. The largest absolute Gasteiger partial charge is 0.481 e. The second-order valence-corrected chi connectivity index (χ2v) is 6.14. The van der Waals surface area contributed by atoms with Crippen molar-refractivity contribution in [2.45, 2.75) is 44.6 Å². The van der Waals surface area contributed by atoms with Gasteiger partial charge in [0.05, 0.1) is 5.92 Å². The summed E-state index contributed by atoms with van der Waals surface area (Å²) >= 11 is 0. The smallest absolute Gasteiger partial charge is 0.315 e. The van der Waals surface area contributed by atoms with Crippen LogP contribution in [0.3, 0.4) is 0 Å². The third-order valence-electron chi connectivity index (χ3n) is 4.27. The van der Waals surface area contributed by atoms with Crippen molar-refractivity contribution in [3.05, 3.63) is 24.4 Å².